The lowest BCUT2D eigenvalue weighted by Gasteiger charge is -2.21. The number of ether oxygens (including phenoxy) is 1. The quantitative estimate of drug-likeness (QED) is 0.592. The number of benzene rings is 1. The molecule has 1 unspecified atom stereocenters. The molecule has 0 fully saturated rings. The van der Waals surface area contributed by atoms with Gasteiger partial charge in [-0.05, 0) is 12.5 Å². The lowest BCUT2D eigenvalue weighted by atomic mass is 10.2. The summed E-state index contributed by atoms with van der Waals surface area (Å²) in [5.74, 6) is 0. The van der Waals surface area contributed by atoms with Crippen molar-refractivity contribution in [3.63, 3.8) is 0 Å². The highest BCUT2D eigenvalue weighted by Gasteiger charge is 2.28. The van der Waals surface area contributed by atoms with E-state index in [0.29, 0.717) is 6.61 Å². The minimum Gasteiger partial charge on any atom is -0.367 e. The molecule has 0 aromatic heterocycles. The molecule has 78 valence electrons. The van der Waals surface area contributed by atoms with E-state index in [4.69, 9.17) is 26.6 Å². The van der Waals surface area contributed by atoms with Gasteiger partial charge in [-0.15, -0.1) is 0 Å². The molecule has 1 aromatic carbocycles. The smallest absolute Gasteiger partial charge is 0.270 e. The second-order valence-corrected chi connectivity index (χ2v) is 3.63. The van der Waals surface area contributed by atoms with Gasteiger partial charge in [0.15, 0.2) is 0 Å². The van der Waals surface area contributed by atoms with Crippen molar-refractivity contribution in [2.75, 3.05) is 0 Å². The van der Waals surface area contributed by atoms with E-state index in [-0.39, 0.29) is 0 Å². The number of hydrogen-bond donors (Lipinski definition) is 2. The second kappa shape index (κ2) is 4.75. The summed E-state index contributed by atoms with van der Waals surface area (Å²) in [5.41, 5.74) is 0.959. The fourth-order valence-corrected chi connectivity index (χ4v) is 0.964. The number of halogens is 1. The highest BCUT2D eigenvalue weighted by atomic mass is 35.5. The minimum absolute atomic E-state index is 0.303. The summed E-state index contributed by atoms with van der Waals surface area (Å²) in [7, 11) is 0. The first-order valence-electron chi connectivity index (χ1n) is 4.29. The van der Waals surface area contributed by atoms with Crippen molar-refractivity contribution in [1.82, 2.24) is 0 Å². The summed E-state index contributed by atoms with van der Waals surface area (Å²) in [5, 5.41) is 15.6. The van der Waals surface area contributed by atoms with Crippen LogP contribution in [-0.2, 0) is 11.3 Å². The molecule has 0 heterocycles. The Balaban J connectivity index is 2.42. The van der Waals surface area contributed by atoms with E-state index < -0.39 is 11.4 Å². The van der Waals surface area contributed by atoms with E-state index in [1.165, 1.54) is 6.92 Å². The molecule has 1 aromatic rings. The summed E-state index contributed by atoms with van der Waals surface area (Å²) >= 11 is 5.24. The van der Waals surface area contributed by atoms with Crippen molar-refractivity contribution < 1.29 is 14.9 Å². The fourth-order valence-electron chi connectivity index (χ4n) is 0.901. The van der Waals surface area contributed by atoms with Crippen molar-refractivity contribution in [1.29, 1.82) is 0 Å². The molecular formula is C10H13ClO3. The van der Waals surface area contributed by atoms with E-state index >= 15 is 0 Å². The minimum atomic E-state index is -2.31. The molecule has 14 heavy (non-hydrogen) atoms. The van der Waals surface area contributed by atoms with E-state index in [2.05, 4.69) is 0 Å². The Hall–Kier alpha value is -0.610. The van der Waals surface area contributed by atoms with Crippen LogP contribution in [0, 0.1) is 0 Å². The van der Waals surface area contributed by atoms with Gasteiger partial charge in [0.1, 0.15) is 6.10 Å². The van der Waals surface area contributed by atoms with Gasteiger partial charge in [-0.1, -0.05) is 41.9 Å². The van der Waals surface area contributed by atoms with E-state index in [1.54, 1.807) is 0 Å². The standard InChI is InChI=1S/C10H13ClO3/c1-8(10(11,12)13)14-7-9-5-3-2-4-6-9/h2-6,8,12-13H,7H2,1H3. The van der Waals surface area contributed by atoms with Gasteiger partial charge in [-0.2, -0.15) is 0 Å². The molecule has 0 spiro atoms. The Morgan fingerprint density at radius 1 is 1.36 bits per heavy atom. The number of rotatable bonds is 4. The summed E-state index contributed by atoms with van der Waals surface area (Å²) in [4.78, 5) is 0. The van der Waals surface area contributed by atoms with E-state index in [0.717, 1.165) is 5.56 Å². The van der Waals surface area contributed by atoms with Crippen LogP contribution in [0.5, 0.6) is 0 Å². The summed E-state index contributed by atoms with van der Waals surface area (Å²) < 4.78 is 5.16. The molecule has 0 aliphatic carbocycles. The van der Waals surface area contributed by atoms with Crippen molar-refractivity contribution in [3.05, 3.63) is 35.9 Å². The molecule has 1 atom stereocenters. The van der Waals surface area contributed by atoms with Crippen molar-refractivity contribution in [2.24, 2.45) is 0 Å². The van der Waals surface area contributed by atoms with Gasteiger partial charge in [0, 0.05) is 0 Å². The van der Waals surface area contributed by atoms with Gasteiger partial charge in [0.25, 0.3) is 5.25 Å². The summed E-state index contributed by atoms with van der Waals surface area (Å²) in [6, 6.07) is 9.44. The molecule has 1 rings (SSSR count). The van der Waals surface area contributed by atoms with Crippen molar-refractivity contribution in [2.45, 2.75) is 24.9 Å². The molecule has 0 radical (unpaired) electrons. The highest BCUT2D eigenvalue weighted by Crippen LogP contribution is 2.16. The van der Waals surface area contributed by atoms with Crippen LogP contribution < -0.4 is 0 Å². The van der Waals surface area contributed by atoms with Crippen LogP contribution in [-0.4, -0.2) is 21.6 Å². The van der Waals surface area contributed by atoms with Crippen LogP contribution in [0.3, 0.4) is 0 Å². The first-order chi connectivity index (χ1) is 6.50. The lowest BCUT2D eigenvalue weighted by Crippen LogP contribution is -2.35. The largest absolute Gasteiger partial charge is 0.367 e. The lowest BCUT2D eigenvalue weighted by molar-refractivity contribution is -0.176. The molecule has 2 N–H and O–H groups in total. The van der Waals surface area contributed by atoms with Crippen LogP contribution in [0.2, 0.25) is 0 Å². The molecule has 0 aliphatic rings. The van der Waals surface area contributed by atoms with Gasteiger partial charge in [0.05, 0.1) is 6.61 Å². The molecule has 0 amide bonds. The normalized spacial score (nSPS) is 14.0. The SMILES string of the molecule is CC(OCc1ccccc1)C(O)(O)Cl. The molecule has 0 saturated carbocycles. The monoisotopic (exact) mass is 216 g/mol. The molecular weight excluding hydrogens is 204 g/mol. The van der Waals surface area contributed by atoms with E-state index in [1.807, 2.05) is 30.3 Å². The number of aliphatic hydroxyl groups is 2. The zero-order valence-corrected chi connectivity index (χ0v) is 8.61. The van der Waals surface area contributed by atoms with Crippen molar-refractivity contribution in [3.8, 4) is 0 Å². The second-order valence-electron chi connectivity index (χ2n) is 3.08. The van der Waals surface area contributed by atoms with E-state index in [9.17, 15) is 0 Å². The zero-order chi connectivity index (χ0) is 10.6. The predicted octanol–water partition coefficient (Wildman–Crippen LogP) is 1.47. The maximum Gasteiger partial charge on any atom is 0.270 e. The molecule has 4 heteroatoms. The topological polar surface area (TPSA) is 49.7 Å². The Kier molecular flexibility index (Phi) is 3.89. The summed E-state index contributed by atoms with van der Waals surface area (Å²) in [6.45, 7) is 1.80. The average Bonchev–Trinajstić information content (AvgIpc) is 2.14. The molecule has 0 bridgehead atoms. The van der Waals surface area contributed by atoms with Crippen LogP contribution in [0.25, 0.3) is 0 Å². The third-order valence-corrected chi connectivity index (χ3v) is 2.17. The van der Waals surface area contributed by atoms with Gasteiger partial charge < -0.3 is 14.9 Å². The van der Waals surface area contributed by atoms with Crippen LogP contribution in [0.15, 0.2) is 30.3 Å². The van der Waals surface area contributed by atoms with Gasteiger partial charge in [-0.3, -0.25) is 0 Å². The summed E-state index contributed by atoms with van der Waals surface area (Å²) in [6.07, 6.45) is -0.843. The predicted molar refractivity (Wildman–Crippen MR) is 53.7 cm³/mol. The number of hydrogen-bond acceptors (Lipinski definition) is 3. The van der Waals surface area contributed by atoms with Gasteiger partial charge in [0.2, 0.25) is 0 Å². The Bertz CT molecular complexity index is 268. The van der Waals surface area contributed by atoms with Gasteiger partial charge >= 0.3 is 0 Å². The number of alkyl halides is 1. The first-order valence-corrected chi connectivity index (χ1v) is 4.67. The van der Waals surface area contributed by atoms with Crippen LogP contribution in [0.4, 0.5) is 0 Å². The van der Waals surface area contributed by atoms with Crippen molar-refractivity contribution >= 4 is 11.6 Å². The third-order valence-electron chi connectivity index (χ3n) is 1.86. The van der Waals surface area contributed by atoms with Crippen LogP contribution >= 0.6 is 11.6 Å². The Morgan fingerprint density at radius 3 is 2.43 bits per heavy atom. The average molecular weight is 217 g/mol. The van der Waals surface area contributed by atoms with Gasteiger partial charge in [-0.25, -0.2) is 0 Å². The molecule has 0 saturated heterocycles. The molecule has 0 aliphatic heterocycles. The Morgan fingerprint density at radius 2 is 1.93 bits per heavy atom. The Labute approximate surface area is 87.9 Å². The maximum atomic E-state index is 8.96. The molecule has 3 nitrogen and oxygen atoms in total. The fraction of sp³-hybridized carbons (Fsp3) is 0.400. The first kappa shape index (κ1) is 11.5. The highest BCUT2D eigenvalue weighted by molar-refractivity contribution is 6.21. The third kappa shape index (κ3) is 3.64. The zero-order valence-electron chi connectivity index (χ0n) is 7.85. The van der Waals surface area contributed by atoms with Crippen LogP contribution in [0.1, 0.15) is 12.5 Å². The maximum absolute atomic E-state index is 8.96.